The van der Waals surface area contributed by atoms with Gasteiger partial charge in [0.2, 0.25) is 11.8 Å². The standard InChI is InChI=1S/C24H28ClFN4O2/c25-20-6-7-22(27-14-20)28-23(31)18-8-11-30(12-9-18)24(32)19-4-2-10-29(16-19)15-17-3-1-5-21(26)13-17/h1,3,5-7,13-14,18-19H,2,4,8-12,15-16H2,(H,27,28,31). The van der Waals surface area contributed by atoms with Gasteiger partial charge in [-0.25, -0.2) is 9.37 Å². The van der Waals surface area contributed by atoms with Crippen molar-refractivity contribution in [1.29, 1.82) is 0 Å². The zero-order valence-corrected chi connectivity index (χ0v) is 18.7. The Balaban J connectivity index is 1.26. The minimum Gasteiger partial charge on any atom is -0.342 e. The average Bonchev–Trinajstić information content (AvgIpc) is 2.80. The Labute approximate surface area is 192 Å². The molecule has 0 aliphatic carbocycles. The maximum atomic E-state index is 13.5. The molecule has 4 rings (SSSR count). The van der Waals surface area contributed by atoms with E-state index in [1.165, 1.54) is 12.3 Å². The Morgan fingerprint density at radius 1 is 1.09 bits per heavy atom. The van der Waals surface area contributed by atoms with Crippen molar-refractivity contribution < 1.29 is 14.0 Å². The van der Waals surface area contributed by atoms with Crippen LogP contribution in [0.3, 0.4) is 0 Å². The fraction of sp³-hybridized carbons (Fsp3) is 0.458. The van der Waals surface area contributed by atoms with Gasteiger partial charge in [-0.05, 0) is 62.1 Å². The minimum atomic E-state index is -0.231. The number of pyridine rings is 1. The molecule has 2 aromatic rings. The molecule has 1 N–H and O–H groups in total. The number of likely N-dealkylation sites (tertiary alicyclic amines) is 2. The van der Waals surface area contributed by atoms with E-state index in [4.69, 9.17) is 11.6 Å². The molecule has 2 amide bonds. The summed E-state index contributed by atoms with van der Waals surface area (Å²) in [5.41, 5.74) is 0.931. The third kappa shape index (κ3) is 5.84. The van der Waals surface area contributed by atoms with Crippen molar-refractivity contribution in [1.82, 2.24) is 14.8 Å². The molecular formula is C24H28ClFN4O2. The van der Waals surface area contributed by atoms with E-state index >= 15 is 0 Å². The fourth-order valence-corrected chi connectivity index (χ4v) is 4.70. The molecule has 2 aliphatic heterocycles. The lowest BCUT2D eigenvalue weighted by Crippen LogP contribution is -2.48. The van der Waals surface area contributed by atoms with Gasteiger partial charge in [0.25, 0.3) is 0 Å². The van der Waals surface area contributed by atoms with E-state index in [2.05, 4.69) is 15.2 Å². The third-order valence-corrected chi connectivity index (χ3v) is 6.53. The predicted octanol–water partition coefficient (Wildman–Crippen LogP) is 3.96. The van der Waals surface area contributed by atoms with Gasteiger partial charge in [0.15, 0.2) is 0 Å². The molecule has 2 aliphatic rings. The molecule has 8 heteroatoms. The number of rotatable bonds is 5. The number of nitrogens with zero attached hydrogens (tertiary/aromatic N) is 3. The summed E-state index contributed by atoms with van der Waals surface area (Å²) in [4.78, 5) is 33.9. The third-order valence-electron chi connectivity index (χ3n) is 6.31. The van der Waals surface area contributed by atoms with Crippen LogP contribution in [0.25, 0.3) is 0 Å². The molecule has 3 heterocycles. The van der Waals surface area contributed by atoms with E-state index in [0.29, 0.717) is 49.9 Å². The Hall–Kier alpha value is -2.51. The van der Waals surface area contributed by atoms with Crippen LogP contribution in [0.5, 0.6) is 0 Å². The first-order chi connectivity index (χ1) is 15.5. The van der Waals surface area contributed by atoms with Crippen molar-refractivity contribution in [3.8, 4) is 0 Å². The normalized spacial score (nSPS) is 20.2. The summed E-state index contributed by atoms with van der Waals surface area (Å²) in [5, 5.41) is 3.35. The minimum absolute atomic E-state index is 0.0408. The van der Waals surface area contributed by atoms with Gasteiger partial charge in [-0.15, -0.1) is 0 Å². The summed E-state index contributed by atoms with van der Waals surface area (Å²) in [5.74, 6) is 0.190. The van der Waals surface area contributed by atoms with Crippen LogP contribution < -0.4 is 5.32 Å². The molecule has 1 aromatic heterocycles. The Bertz CT molecular complexity index is 947. The number of halogens is 2. The second-order valence-electron chi connectivity index (χ2n) is 8.65. The maximum Gasteiger partial charge on any atom is 0.228 e. The molecule has 32 heavy (non-hydrogen) atoms. The van der Waals surface area contributed by atoms with Crippen LogP contribution >= 0.6 is 11.6 Å². The van der Waals surface area contributed by atoms with Crippen LogP contribution in [-0.4, -0.2) is 52.8 Å². The van der Waals surface area contributed by atoms with E-state index in [1.807, 2.05) is 11.0 Å². The molecule has 1 aromatic carbocycles. The average molecular weight is 459 g/mol. The van der Waals surface area contributed by atoms with Crippen LogP contribution in [0, 0.1) is 17.7 Å². The molecule has 0 bridgehead atoms. The number of amides is 2. The monoisotopic (exact) mass is 458 g/mol. The molecule has 170 valence electrons. The highest BCUT2D eigenvalue weighted by Crippen LogP contribution is 2.25. The van der Waals surface area contributed by atoms with Gasteiger partial charge in [0.05, 0.1) is 10.9 Å². The topological polar surface area (TPSA) is 65.5 Å². The number of hydrogen-bond acceptors (Lipinski definition) is 4. The number of aromatic nitrogens is 1. The first kappa shape index (κ1) is 22.7. The summed E-state index contributed by atoms with van der Waals surface area (Å²) in [6.07, 6.45) is 4.62. The number of piperidine rings is 2. The van der Waals surface area contributed by atoms with Crippen molar-refractivity contribution in [2.45, 2.75) is 32.2 Å². The second-order valence-corrected chi connectivity index (χ2v) is 9.09. The molecule has 2 saturated heterocycles. The molecule has 1 atom stereocenters. The zero-order valence-electron chi connectivity index (χ0n) is 18.0. The molecule has 6 nitrogen and oxygen atoms in total. The highest BCUT2D eigenvalue weighted by atomic mass is 35.5. The van der Waals surface area contributed by atoms with E-state index < -0.39 is 0 Å². The summed E-state index contributed by atoms with van der Waals surface area (Å²) >= 11 is 5.83. The van der Waals surface area contributed by atoms with Gasteiger partial charge in [-0.1, -0.05) is 23.7 Å². The lowest BCUT2D eigenvalue weighted by molar-refractivity contribution is -0.140. The maximum absolute atomic E-state index is 13.5. The first-order valence-corrected chi connectivity index (χ1v) is 11.5. The summed E-state index contributed by atoms with van der Waals surface area (Å²) < 4.78 is 13.5. The Kier molecular flexibility index (Phi) is 7.37. The first-order valence-electron chi connectivity index (χ1n) is 11.2. The summed E-state index contributed by atoms with van der Waals surface area (Å²) in [7, 11) is 0. The van der Waals surface area contributed by atoms with E-state index in [-0.39, 0.29) is 29.5 Å². The largest absolute Gasteiger partial charge is 0.342 e. The van der Waals surface area contributed by atoms with Crippen LogP contribution in [0.2, 0.25) is 5.02 Å². The number of carbonyl (C=O) groups excluding carboxylic acids is 2. The van der Waals surface area contributed by atoms with Crippen LogP contribution in [0.15, 0.2) is 42.6 Å². The number of benzene rings is 1. The highest BCUT2D eigenvalue weighted by Gasteiger charge is 2.33. The number of carbonyl (C=O) groups is 2. The van der Waals surface area contributed by atoms with Gasteiger partial charge in [0, 0.05) is 38.3 Å². The quantitative estimate of drug-likeness (QED) is 0.736. The van der Waals surface area contributed by atoms with Crippen LogP contribution in [-0.2, 0) is 16.1 Å². The molecule has 1 unspecified atom stereocenters. The summed E-state index contributed by atoms with van der Waals surface area (Å²) in [6.45, 7) is 3.44. The number of hydrogen-bond donors (Lipinski definition) is 1. The van der Waals surface area contributed by atoms with Crippen LogP contribution in [0.4, 0.5) is 10.2 Å². The SMILES string of the molecule is O=C(Nc1ccc(Cl)cn1)C1CCN(C(=O)C2CCCN(Cc3cccc(F)c3)C2)CC1. The predicted molar refractivity (Wildman–Crippen MR) is 122 cm³/mol. The van der Waals surface area contributed by atoms with Crippen molar-refractivity contribution in [3.05, 3.63) is 59.0 Å². The zero-order chi connectivity index (χ0) is 22.5. The van der Waals surface area contributed by atoms with Crippen LogP contribution in [0.1, 0.15) is 31.2 Å². The van der Waals surface area contributed by atoms with Crippen molar-refractivity contribution in [3.63, 3.8) is 0 Å². The van der Waals surface area contributed by atoms with Gasteiger partial charge >= 0.3 is 0 Å². The van der Waals surface area contributed by atoms with E-state index in [9.17, 15) is 14.0 Å². The lowest BCUT2D eigenvalue weighted by atomic mass is 9.92. The van der Waals surface area contributed by atoms with Gasteiger partial charge in [-0.3, -0.25) is 14.5 Å². The summed E-state index contributed by atoms with van der Waals surface area (Å²) in [6, 6.07) is 10.0. The van der Waals surface area contributed by atoms with E-state index in [1.54, 1.807) is 24.3 Å². The van der Waals surface area contributed by atoms with Gasteiger partial charge < -0.3 is 10.2 Å². The Morgan fingerprint density at radius 3 is 2.62 bits per heavy atom. The number of anilines is 1. The lowest BCUT2D eigenvalue weighted by Gasteiger charge is -2.37. The molecule has 0 radical (unpaired) electrons. The second kappa shape index (κ2) is 10.4. The highest BCUT2D eigenvalue weighted by molar-refractivity contribution is 6.30. The van der Waals surface area contributed by atoms with Crippen molar-refractivity contribution in [2.24, 2.45) is 11.8 Å². The van der Waals surface area contributed by atoms with Gasteiger partial charge in [-0.2, -0.15) is 0 Å². The molecule has 2 fully saturated rings. The van der Waals surface area contributed by atoms with Gasteiger partial charge in [0.1, 0.15) is 11.6 Å². The number of nitrogens with one attached hydrogen (secondary N) is 1. The molecule has 0 spiro atoms. The van der Waals surface area contributed by atoms with Crippen molar-refractivity contribution in [2.75, 3.05) is 31.5 Å². The fourth-order valence-electron chi connectivity index (χ4n) is 4.59. The smallest absolute Gasteiger partial charge is 0.228 e. The Morgan fingerprint density at radius 2 is 1.91 bits per heavy atom. The van der Waals surface area contributed by atoms with E-state index in [0.717, 1.165) is 24.9 Å². The van der Waals surface area contributed by atoms with Crippen molar-refractivity contribution >= 4 is 29.2 Å². The molecule has 0 saturated carbocycles. The molecular weight excluding hydrogens is 431 g/mol.